The molecule has 2 aromatic heterocycles. The number of aromatic nitrogens is 4. The van der Waals surface area contributed by atoms with Gasteiger partial charge in [-0.25, -0.2) is 0 Å². The summed E-state index contributed by atoms with van der Waals surface area (Å²) in [5.41, 5.74) is 7.49. The molecule has 0 spiro atoms. The highest BCUT2D eigenvalue weighted by molar-refractivity contribution is 5.84. The van der Waals surface area contributed by atoms with Gasteiger partial charge in [-0.15, -0.1) is 10.2 Å². The summed E-state index contributed by atoms with van der Waals surface area (Å²) >= 11 is 0. The molecule has 0 bridgehead atoms. The largest absolute Gasteiger partial charge is 0.508 e. The van der Waals surface area contributed by atoms with Gasteiger partial charge in [-0.05, 0) is 67.2 Å². The molecule has 6 heteroatoms. The van der Waals surface area contributed by atoms with Crippen LogP contribution in [0.5, 0.6) is 5.75 Å². The van der Waals surface area contributed by atoms with Crippen LogP contribution in [0.3, 0.4) is 0 Å². The Hall–Kier alpha value is -3.93. The molecule has 190 valence electrons. The van der Waals surface area contributed by atoms with Gasteiger partial charge in [0.2, 0.25) is 0 Å². The molecule has 0 aliphatic carbocycles. The first-order valence-corrected chi connectivity index (χ1v) is 12.4. The third kappa shape index (κ3) is 6.19. The van der Waals surface area contributed by atoms with E-state index in [1.165, 1.54) is 0 Å². The van der Waals surface area contributed by atoms with Crippen LogP contribution in [-0.2, 0) is 0 Å². The average Bonchev–Trinajstić information content (AvgIpc) is 3.32. The lowest BCUT2D eigenvalue weighted by atomic mass is 9.92. The van der Waals surface area contributed by atoms with E-state index in [1.807, 2.05) is 64.3 Å². The third-order valence-corrected chi connectivity index (χ3v) is 5.85. The van der Waals surface area contributed by atoms with Crippen molar-refractivity contribution in [2.24, 2.45) is 0 Å². The van der Waals surface area contributed by atoms with Crippen LogP contribution in [0.25, 0.3) is 16.8 Å². The van der Waals surface area contributed by atoms with E-state index in [9.17, 15) is 5.11 Å². The Morgan fingerprint density at radius 1 is 1.14 bits per heavy atom. The number of aryl methyl sites for hydroxylation is 1. The summed E-state index contributed by atoms with van der Waals surface area (Å²) in [5.74, 6) is 0.925. The van der Waals surface area contributed by atoms with E-state index in [-0.39, 0.29) is 5.75 Å². The Kier molecular flexibility index (Phi) is 10.4. The first-order valence-electron chi connectivity index (χ1n) is 12.4. The molecule has 0 atom stereocenters. The number of anilines is 1. The number of nitrogens with zero attached hydrogens (tertiary/aromatic N) is 5. The van der Waals surface area contributed by atoms with Crippen molar-refractivity contribution in [3.05, 3.63) is 96.0 Å². The van der Waals surface area contributed by atoms with Crippen LogP contribution in [-0.4, -0.2) is 38.5 Å². The maximum Gasteiger partial charge on any atom is 0.183 e. The molecule has 0 unspecified atom stereocenters. The molecule has 0 saturated heterocycles. The molecular weight excluding hydrogens is 446 g/mol. The van der Waals surface area contributed by atoms with Crippen molar-refractivity contribution in [1.82, 2.24) is 19.8 Å². The number of hydrogen-bond acceptors (Lipinski definition) is 5. The smallest absolute Gasteiger partial charge is 0.183 e. The second-order valence-electron chi connectivity index (χ2n) is 8.24. The zero-order valence-electron chi connectivity index (χ0n) is 22.7. The van der Waals surface area contributed by atoms with Crippen molar-refractivity contribution in [1.29, 1.82) is 0 Å². The van der Waals surface area contributed by atoms with E-state index >= 15 is 0 Å². The Balaban J connectivity index is 0.00000222. The van der Waals surface area contributed by atoms with Gasteiger partial charge in [-0.2, -0.15) is 9.61 Å². The summed E-state index contributed by atoms with van der Waals surface area (Å²) in [7, 11) is 2.07. The molecule has 0 saturated carbocycles. The van der Waals surface area contributed by atoms with Crippen LogP contribution < -0.4 is 4.90 Å². The van der Waals surface area contributed by atoms with E-state index in [0.29, 0.717) is 5.82 Å². The molecule has 3 rings (SSSR count). The summed E-state index contributed by atoms with van der Waals surface area (Å²) in [6, 6.07) is 7.09. The van der Waals surface area contributed by atoms with Crippen LogP contribution in [0.1, 0.15) is 58.0 Å². The van der Waals surface area contributed by atoms with Crippen molar-refractivity contribution in [2.75, 3.05) is 18.5 Å². The molecule has 3 aromatic rings. The fourth-order valence-corrected chi connectivity index (χ4v) is 3.93. The van der Waals surface area contributed by atoms with Crippen molar-refractivity contribution in [3.63, 3.8) is 0 Å². The van der Waals surface area contributed by atoms with Gasteiger partial charge in [0, 0.05) is 19.2 Å². The minimum Gasteiger partial charge on any atom is -0.508 e. The third-order valence-electron chi connectivity index (χ3n) is 5.85. The number of fused-ring (bicyclic) bond motifs is 1. The Bertz CT molecular complexity index is 1290. The maximum absolute atomic E-state index is 9.60. The molecule has 0 amide bonds. The van der Waals surface area contributed by atoms with Gasteiger partial charge in [-0.1, -0.05) is 70.4 Å². The number of allylic oxidation sites excluding steroid dienone is 8. The van der Waals surface area contributed by atoms with Crippen LogP contribution >= 0.6 is 0 Å². The summed E-state index contributed by atoms with van der Waals surface area (Å²) in [5, 5.41) is 23.0. The van der Waals surface area contributed by atoms with Crippen LogP contribution in [0, 0.1) is 6.92 Å². The second kappa shape index (κ2) is 13.2. The van der Waals surface area contributed by atoms with E-state index < -0.39 is 0 Å². The number of phenols is 1. The molecule has 0 aliphatic heterocycles. The summed E-state index contributed by atoms with van der Waals surface area (Å²) in [4.78, 5) is 2.19. The van der Waals surface area contributed by atoms with Gasteiger partial charge in [0.15, 0.2) is 11.5 Å². The average molecular weight is 486 g/mol. The highest BCUT2D eigenvalue weighted by atomic mass is 16.3. The highest BCUT2D eigenvalue weighted by Crippen LogP contribution is 2.29. The monoisotopic (exact) mass is 485 g/mol. The van der Waals surface area contributed by atoms with Crippen LogP contribution in [0.4, 0.5) is 5.69 Å². The van der Waals surface area contributed by atoms with Crippen LogP contribution in [0.15, 0.2) is 79.1 Å². The lowest BCUT2D eigenvalue weighted by molar-refractivity contribution is 0.475. The van der Waals surface area contributed by atoms with Gasteiger partial charge < -0.3 is 10.0 Å². The maximum atomic E-state index is 9.60. The predicted molar refractivity (Wildman–Crippen MR) is 153 cm³/mol. The number of rotatable bonds is 9. The van der Waals surface area contributed by atoms with Gasteiger partial charge in [0.25, 0.3) is 0 Å². The zero-order chi connectivity index (χ0) is 26.8. The normalized spacial score (nSPS) is 12.2. The number of benzene rings is 1. The first kappa shape index (κ1) is 28.3. The van der Waals surface area contributed by atoms with E-state index in [2.05, 4.69) is 54.2 Å². The Morgan fingerprint density at radius 3 is 2.39 bits per heavy atom. The zero-order valence-corrected chi connectivity index (χ0v) is 22.7. The summed E-state index contributed by atoms with van der Waals surface area (Å²) in [6.07, 6.45) is 10.7. The van der Waals surface area contributed by atoms with E-state index in [1.54, 1.807) is 22.7 Å². The molecule has 6 nitrogen and oxygen atoms in total. The predicted octanol–water partition coefficient (Wildman–Crippen LogP) is 7.19. The van der Waals surface area contributed by atoms with E-state index in [0.717, 1.165) is 57.7 Å². The molecule has 0 radical (unpaired) electrons. The van der Waals surface area contributed by atoms with Gasteiger partial charge in [0.1, 0.15) is 5.75 Å². The molecular formula is C30H39N5O. The summed E-state index contributed by atoms with van der Waals surface area (Å²) < 4.78 is 1.79. The summed E-state index contributed by atoms with van der Waals surface area (Å²) in [6.45, 7) is 21.4. The fourth-order valence-electron chi connectivity index (χ4n) is 3.93. The standard InChI is InChI=1S/C28H33N5O.C2H6/c1-8-17-32(7)26-18-29-33-27(30-31-28(33)21(26)6)19(4)11-12-22(9-2)20(5)25(10-3)23-13-15-24(34)16-14-23;1-2/h9-16,18,34H,2,5,8,17H2,1,3-4,6-7H3;1-2H3/b19-11+,22-12-,25-10+;. The minimum atomic E-state index is 0.233. The van der Waals surface area contributed by atoms with Crippen molar-refractivity contribution < 1.29 is 5.11 Å². The lowest BCUT2D eigenvalue weighted by Gasteiger charge is -2.20. The van der Waals surface area contributed by atoms with Gasteiger partial charge in [-0.3, -0.25) is 0 Å². The van der Waals surface area contributed by atoms with Crippen molar-refractivity contribution in [2.45, 2.75) is 48.0 Å². The number of aromatic hydroxyl groups is 1. The Morgan fingerprint density at radius 2 is 1.81 bits per heavy atom. The lowest BCUT2D eigenvalue weighted by Crippen LogP contribution is -2.19. The fraction of sp³-hybridized carbons (Fsp3) is 0.300. The molecule has 36 heavy (non-hydrogen) atoms. The highest BCUT2D eigenvalue weighted by Gasteiger charge is 2.15. The molecule has 1 aromatic carbocycles. The van der Waals surface area contributed by atoms with Crippen molar-refractivity contribution in [3.8, 4) is 5.75 Å². The SMILES string of the molecule is C=C/C(=C/C=C(\C)c1nnc2c(C)c(N(C)CCC)cnn12)C(=C)/C(=C\C)c1ccc(O)cc1.CC. The van der Waals surface area contributed by atoms with Crippen molar-refractivity contribution >= 4 is 22.5 Å². The molecule has 1 N–H and O–H groups in total. The quantitative estimate of drug-likeness (QED) is 0.325. The number of phenolic OH excluding ortho intramolecular Hbond substituents is 1. The first-order chi connectivity index (χ1) is 17.3. The topological polar surface area (TPSA) is 66.6 Å². The van der Waals surface area contributed by atoms with Crippen LogP contribution in [0.2, 0.25) is 0 Å². The van der Waals surface area contributed by atoms with Gasteiger partial charge in [0.05, 0.1) is 11.9 Å². The Labute approximate surface area is 215 Å². The minimum absolute atomic E-state index is 0.233. The molecule has 2 heterocycles. The second-order valence-corrected chi connectivity index (χ2v) is 8.24. The molecule has 0 aliphatic rings. The number of hydrogen-bond donors (Lipinski definition) is 1. The molecule has 0 fully saturated rings. The van der Waals surface area contributed by atoms with E-state index in [4.69, 9.17) is 0 Å². The van der Waals surface area contributed by atoms with Gasteiger partial charge >= 0.3 is 0 Å².